The summed E-state index contributed by atoms with van der Waals surface area (Å²) >= 11 is 0. The van der Waals surface area contributed by atoms with Crippen molar-refractivity contribution in [2.75, 3.05) is 12.4 Å². The van der Waals surface area contributed by atoms with E-state index in [0.29, 0.717) is 17.7 Å². The molecular formula is C13H15NO4S. The van der Waals surface area contributed by atoms with Crippen LogP contribution in [0.25, 0.3) is 0 Å². The molecule has 102 valence electrons. The Bertz CT molecular complexity index is 587. The van der Waals surface area contributed by atoms with Crippen LogP contribution >= 0.6 is 0 Å². The largest absolute Gasteiger partial charge is 0.462 e. The molecule has 0 atom stereocenters. The van der Waals surface area contributed by atoms with Gasteiger partial charge in [-0.05, 0) is 24.1 Å². The number of sulfone groups is 1. The van der Waals surface area contributed by atoms with E-state index in [1.807, 2.05) is 6.92 Å². The van der Waals surface area contributed by atoms with Crippen LogP contribution in [0.5, 0.6) is 0 Å². The van der Waals surface area contributed by atoms with Gasteiger partial charge in [0.05, 0.1) is 24.0 Å². The predicted molar refractivity (Wildman–Crippen MR) is 70.1 cm³/mol. The lowest BCUT2D eigenvalue weighted by atomic mass is 10.1. The van der Waals surface area contributed by atoms with Gasteiger partial charge in [-0.1, -0.05) is 19.1 Å². The molecule has 1 aromatic carbocycles. The van der Waals surface area contributed by atoms with Crippen molar-refractivity contribution in [3.8, 4) is 6.07 Å². The molecule has 0 N–H and O–H groups in total. The summed E-state index contributed by atoms with van der Waals surface area (Å²) in [5.74, 6) is -1.26. The molecule has 0 aliphatic rings. The first-order valence-corrected chi connectivity index (χ1v) is 7.64. The minimum Gasteiger partial charge on any atom is -0.462 e. The van der Waals surface area contributed by atoms with Crippen LogP contribution in [0.15, 0.2) is 24.3 Å². The molecule has 0 radical (unpaired) electrons. The van der Waals surface area contributed by atoms with Crippen molar-refractivity contribution >= 4 is 15.8 Å². The Morgan fingerprint density at radius 2 is 2.16 bits per heavy atom. The molecule has 6 heteroatoms. The lowest BCUT2D eigenvalue weighted by Crippen LogP contribution is -2.10. The van der Waals surface area contributed by atoms with E-state index in [1.165, 1.54) is 6.07 Å². The first kappa shape index (κ1) is 15.2. The molecule has 0 aliphatic carbocycles. The Labute approximate surface area is 112 Å². The average Bonchev–Trinajstić information content (AvgIpc) is 2.35. The molecule has 0 spiro atoms. The van der Waals surface area contributed by atoms with Gasteiger partial charge < -0.3 is 4.74 Å². The zero-order valence-electron chi connectivity index (χ0n) is 10.6. The van der Waals surface area contributed by atoms with Crippen molar-refractivity contribution in [2.24, 2.45) is 0 Å². The molecule has 0 unspecified atom stereocenters. The van der Waals surface area contributed by atoms with E-state index in [-0.39, 0.29) is 5.75 Å². The number of nitriles is 1. The van der Waals surface area contributed by atoms with E-state index < -0.39 is 21.6 Å². The molecule has 0 bridgehead atoms. The summed E-state index contributed by atoms with van der Waals surface area (Å²) in [6.45, 7) is 2.22. The highest BCUT2D eigenvalue weighted by Gasteiger charge is 2.13. The van der Waals surface area contributed by atoms with Crippen LogP contribution in [-0.4, -0.2) is 26.7 Å². The first-order valence-electron chi connectivity index (χ1n) is 5.82. The number of hydrogen-bond donors (Lipinski definition) is 0. The Hall–Kier alpha value is -1.87. The molecule has 19 heavy (non-hydrogen) atoms. The number of esters is 1. The highest BCUT2D eigenvalue weighted by Crippen LogP contribution is 2.11. The van der Waals surface area contributed by atoms with Crippen molar-refractivity contribution < 1.29 is 17.9 Å². The molecular weight excluding hydrogens is 266 g/mol. The fraction of sp³-hybridized carbons (Fsp3) is 0.385. The van der Waals surface area contributed by atoms with Gasteiger partial charge in [-0.15, -0.1) is 0 Å². The van der Waals surface area contributed by atoms with Gasteiger partial charge in [-0.2, -0.15) is 5.26 Å². The van der Waals surface area contributed by atoms with Crippen LogP contribution in [0.2, 0.25) is 0 Å². The summed E-state index contributed by atoms with van der Waals surface area (Å²) in [7, 11) is -3.46. The number of rotatable bonds is 6. The number of carbonyl (C=O) groups is 1. The van der Waals surface area contributed by atoms with E-state index in [1.54, 1.807) is 24.3 Å². The van der Waals surface area contributed by atoms with E-state index >= 15 is 0 Å². The Morgan fingerprint density at radius 3 is 2.79 bits per heavy atom. The predicted octanol–water partition coefficient (Wildman–Crippen LogP) is 1.69. The highest BCUT2D eigenvalue weighted by atomic mass is 32.2. The molecule has 0 heterocycles. The van der Waals surface area contributed by atoms with E-state index in [0.717, 1.165) is 6.42 Å². The molecule has 0 amide bonds. The third kappa shape index (κ3) is 5.10. The van der Waals surface area contributed by atoms with Gasteiger partial charge in [-0.3, -0.25) is 0 Å². The SMILES string of the molecule is CCCOC(=O)c1cccc(CS(=O)(=O)CC#N)c1. The normalized spacial score (nSPS) is 10.7. The highest BCUT2D eigenvalue weighted by molar-refractivity contribution is 7.90. The van der Waals surface area contributed by atoms with Crippen molar-refractivity contribution in [1.29, 1.82) is 5.26 Å². The van der Waals surface area contributed by atoms with Crippen molar-refractivity contribution in [3.05, 3.63) is 35.4 Å². The van der Waals surface area contributed by atoms with E-state index in [4.69, 9.17) is 10.00 Å². The maximum absolute atomic E-state index is 11.6. The smallest absolute Gasteiger partial charge is 0.338 e. The number of ether oxygens (including phenoxy) is 1. The lowest BCUT2D eigenvalue weighted by Gasteiger charge is -2.05. The van der Waals surface area contributed by atoms with Gasteiger partial charge in [0, 0.05) is 0 Å². The molecule has 0 fully saturated rings. The monoisotopic (exact) mass is 281 g/mol. The first-order chi connectivity index (χ1) is 8.98. The fourth-order valence-electron chi connectivity index (χ4n) is 1.47. The van der Waals surface area contributed by atoms with Crippen LogP contribution in [0.4, 0.5) is 0 Å². The summed E-state index contributed by atoms with van der Waals surface area (Å²) in [5, 5.41) is 8.42. The Morgan fingerprint density at radius 1 is 1.42 bits per heavy atom. The number of benzene rings is 1. The zero-order valence-corrected chi connectivity index (χ0v) is 11.4. The third-order valence-electron chi connectivity index (χ3n) is 2.27. The van der Waals surface area contributed by atoms with Gasteiger partial charge in [0.25, 0.3) is 0 Å². The van der Waals surface area contributed by atoms with Crippen molar-refractivity contribution in [3.63, 3.8) is 0 Å². The quantitative estimate of drug-likeness (QED) is 0.741. The second-order valence-corrected chi connectivity index (χ2v) is 6.09. The molecule has 0 aromatic heterocycles. The molecule has 0 saturated carbocycles. The fourth-order valence-corrected chi connectivity index (χ4v) is 2.46. The maximum Gasteiger partial charge on any atom is 0.338 e. The maximum atomic E-state index is 11.6. The number of hydrogen-bond acceptors (Lipinski definition) is 5. The molecule has 0 aliphatic heterocycles. The number of nitrogens with zero attached hydrogens (tertiary/aromatic N) is 1. The van der Waals surface area contributed by atoms with Gasteiger partial charge in [-0.25, -0.2) is 13.2 Å². The summed E-state index contributed by atoms with van der Waals surface area (Å²) in [4.78, 5) is 11.6. The average molecular weight is 281 g/mol. The van der Waals surface area contributed by atoms with Crippen molar-refractivity contribution in [1.82, 2.24) is 0 Å². The standard InChI is InChI=1S/C13H15NO4S/c1-2-7-18-13(15)12-5-3-4-11(9-12)10-19(16,17)8-6-14/h3-5,9H,2,7-8,10H2,1H3. The van der Waals surface area contributed by atoms with Crippen LogP contribution < -0.4 is 0 Å². The van der Waals surface area contributed by atoms with Crippen LogP contribution in [-0.2, 0) is 20.3 Å². The van der Waals surface area contributed by atoms with Gasteiger partial charge >= 0.3 is 5.97 Å². The second-order valence-electron chi connectivity index (χ2n) is 4.03. The van der Waals surface area contributed by atoms with E-state index in [2.05, 4.69) is 0 Å². The van der Waals surface area contributed by atoms with Crippen LogP contribution in [0.3, 0.4) is 0 Å². The molecule has 5 nitrogen and oxygen atoms in total. The second kappa shape index (κ2) is 6.90. The lowest BCUT2D eigenvalue weighted by molar-refractivity contribution is 0.0505. The Balaban J connectivity index is 2.84. The summed E-state index contributed by atoms with van der Waals surface area (Å²) in [6, 6.07) is 7.86. The van der Waals surface area contributed by atoms with Crippen LogP contribution in [0, 0.1) is 11.3 Å². The van der Waals surface area contributed by atoms with E-state index in [9.17, 15) is 13.2 Å². The summed E-state index contributed by atoms with van der Waals surface area (Å²) in [6.07, 6.45) is 0.724. The van der Waals surface area contributed by atoms with Gasteiger partial charge in [0.1, 0.15) is 5.75 Å². The minimum absolute atomic E-state index is 0.255. The molecule has 1 rings (SSSR count). The number of carbonyl (C=O) groups excluding carboxylic acids is 1. The topological polar surface area (TPSA) is 84.2 Å². The molecule has 0 saturated heterocycles. The molecule has 1 aromatic rings. The Kier molecular flexibility index (Phi) is 5.52. The summed E-state index contributed by atoms with van der Waals surface area (Å²) < 4.78 is 28.0. The minimum atomic E-state index is -3.46. The van der Waals surface area contributed by atoms with Crippen molar-refractivity contribution in [2.45, 2.75) is 19.1 Å². The van der Waals surface area contributed by atoms with Crippen LogP contribution in [0.1, 0.15) is 29.3 Å². The van der Waals surface area contributed by atoms with Gasteiger partial charge in [0.15, 0.2) is 9.84 Å². The van der Waals surface area contributed by atoms with Gasteiger partial charge in [0.2, 0.25) is 0 Å². The zero-order chi connectivity index (χ0) is 14.3. The third-order valence-corrected chi connectivity index (χ3v) is 3.61. The summed E-state index contributed by atoms with van der Waals surface area (Å²) in [5.41, 5.74) is 0.791.